The van der Waals surface area contributed by atoms with Crippen LogP contribution in [0.5, 0.6) is 5.75 Å². The van der Waals surface area contributed by atoms with Gasteiger partial charge in [0.05, 0.1) is 13.5 Å². The zero-order valence-corrected chi connectivity index (χ0v) is 10.0. The number of aliphatic carboxylic acids is 1. The van der Waals surface area contributed by atoms with E-state index in [1.807, 2.05) is 0 Å². The summed E-state index contributed by atoms with van der Waals surface area (Å²) in [6.45, 7) is 0.686. The zero-order chi connectivity index (χ0) is 13.5. The Hall–Kier alpha value is -1.69. The lowest BCUT2D eigenvalue weighted by molar-refractivity contribution is -0.136. The second kappa shape index (κ2) is 6.90. The van der Waals surface area contributed by atoms with Gasteiger partial charge in [-0.25, -0.2) is 8.78 Å². The number of ether oxygens (including phenoxy) is 1. The molecule has 0 amide bonds. The predicted octanol–water partition coefficient (Wildman–Crippen LogP) is 1.58. The highest BCUT2D eigenvalue weighted by Crippen LogP contribution is 2.21. The summed E-state index contributed by atoms with van der Waals surface area (Å²) in [6.07, 6.45) is 0.284. The number of hydrogen-bond donors (Lipinski definition) is 2. The number of nitrogens with one attached hydrogen (secondary N) is 1. The van der Waals surface area contributed by atoms with Crippen LogP contribution in [0.15, 0.2) is 12.1 Å². The monoisotopic (exact) mass is 259 g/mol. The third-order valence-electron chi connectivity index (χ3n) is 2.41. The maximum absolute atomic E-state index is 13.5. The fourth-order valence-electron chi connectivity index (χ4n) is 1.46. The largest absolute Gasteiger partial charge is 0.494 e. The molecule has 4 nitrogen and oxygen atoms in total. The minimum absolute atomic E-state index is 0.000540. The van der Waals surface area contributed by atoms with Gasteiger partial charge >= 0.3 is 5.97 Å². The van der Waals surface area contributed by atoms with Crippen molar-refractivity contribution in [1.82, 2.24) is 5.32 Å². The summed E-state index contributed by atoms with van der Waals surface area (Å²) in [4.78, 5) is 10.2. The van der Waals surface area contributed by atoms with Gasteiger partial charge in [0.2, 0.25) is 0 Å². The van der Waals surface area contributed by atoms with E-state index in [0.717, 1.165) is 12.1 Å². The van der Waals surface area contributed by atoms with Crippen molar-refractivity contribution in [1.29, 1.82) is 0 Å². The Bertz CT molecular complexity index is 424. The molecule has 0 aromatic heterocycles. The first kappa shape index (κ1) is 14.4. The van der Waals surface area contributed by atoms with Crippen LogP contribution >= 0.6 is 0 Å². The Balaban J connectivity index is 2.47. The minimum atomic E-state index is -0.899. The lowest BCUT2D eigenvalue weighted by Crippen LogP contribution is -2.21. The molecule has 1 rings (SSSR count). The van der Waals surface area contributed by atoms with Crippen molar-refractivity contribution in [3.8, 4) is 5.75 Å². The molecular weight excluding hydrogens is 244 g/mol. The van der Waals surface area contributed by atoms with Gasteiger partial charge in [-0.2, -0.15) is 0 Å². The first-order valence-electron chi connectivity index (χ1n) is 5.49. The molecule has 0 saturated carbocycles. The van der Waals surface area contributed by atoms with Gasteiger partial charge in [-0.1, -0.05) is 0 Å². The van der Waals surface area contributed by atoms with E-state index in [0.29, 0.717) is 13.1 Å². The number of rotatable bonds is 7. The number of hydrogen-bond acceptors (Lipinski definition) is 3. The first-order chi connectivity index (χ1) is 8.54. The van der Waals surface area contributed by atoms with E-state index in [2.05, 4.69) is 10.1 Å². The fraction of sp³-hybridized carbons (Fsp3) is 0.417. The van der Waals surface area contributed by atoms with Crippen molar-refractivity contribution in [3.05, 3.63) is 29.3 Å². The quantitative estimate of drug-likeness (QED) is 0.730. The first-order valence-corrected chi connectivity index (χ1v) is 5.49. The average Bonchev–Trinajstić information content (AvgIpc) is 2.32. The van der Waals surface area contributed by atoms with E-state index in [4.69, 9.17) is 5.11 Å². The van der Waals surface area contributed by atoms with E-state index in [1.165, 1.54) is 7.11 Å². The van der Waals surface area contributed by atoms with Crippen molar-refractivity contribution in [3.63, 3.8) is 0 Å². The van der Waals surface area contributed by atoms with Crippen LogP contribution in [-0.2, 0) is 11.2 Å². The van der Waals surface area contributed by atoms with E-state index < -0.39 is 17.6 Å². The van der Waals surface area contributed by atoms with E-state index >= 15 is 0 Å². The van der Waals surface area contributed by atoms with Crippen LogP contribution in [-0.4, -0.2) is 31.3 Å². The zero-order valence-electron chi connectivity index (χ0n) is 10.0. The number of methoxy groups -OCH3 is 1. The summed E-state index contributed by atoms with van der Waals surface area (Å²) in [7, 11) is 1.27. The summed E-state index contributed by atoms with van der Waals surface area (Å²) >= 11 is 0. The van der Waals surface area contributed by atoms with Gasteiger partial charge in [0.25, 0.3) is 0 Å². The van der Waals surface area contributed by atoms with Gasteiger partial charge < -0.3 is 15.2 Å². The van der Waals surface area contributed by atoms with Crippen molar-refractivity contribution in [2.45, 2.75) is 12.8 Å². The minimum Gasteiger partial charge on any atom is -0.494 e. The van der Waals surface area contributed by atoms with E-state index in [-0.39, 0.29) is 24.2 Å². The molecule has 6 heteroatoms. The molecule has 0 fully saturated rings. The van der Waals surface area contributed by atoms with Crippen molar-refractivity contribution >= 4 is 5.97 Å². The number of carboxylic acid groups (broad SMARTS) is 1. The third kappa shape index (κ3) is 4.29. The van der Waals surface area contributed by atoms with E-state index in [1.54, 1.807) is 0 Å². The molecule has 0 saturated heterocycles. The Morgan fingerprint density at radius 2 is 2.06 bits per heavy atom. The number of benzene rings is 1. The van der Waals surface area contributed by atoms with E-state index in [9.17, 15) is 13.6 Å². The molecule has 1 aromatic rings. The number of halogens is 2. The molecule has 0 unspecified atom stereocenters. The maximum atomic E-state index is 13.5. The molecule has 18 heavy (non-hydrogen) atoms. The topological polar surface area (TPSA) is 58.6 Å². The van der Waals surface area contributed by atoms with Gasteiger partial charge in [-0.15, -0.1) is 0 Å². The Morgan fingerprint density at radius 1 is 1.33 bits per heavy atom. The highest BCUT2D eigenvalue weighted by Gasteiger charge is 2.09. The maximum Gasteiger partial charge on any atom is 0.304 e. The molecule has 2 N–H and O–H groups in total. The highest BCUT2D eigenvalue weighted by molar-refractivity contribution is 5.66. The van der Waals surface area contributed by atoms with Gasteiger partial charge in [-0.05, 0) is 24.6 Å². The average molecular weight is 259 g/mol. The summed E-state index contributed by atoms with van der Waals surface area (Å²) in [5.74, 6) is -2.17. The lowest BCUT2D eigenvalue weighted by Gasteiger charge is -2.07. The summed E-state index contributed by atoms with van der Waals surface area (Å²) in [5, 5.41) is 11.2. The Labute approximate surface area is 104 Å². The summed E-state index contributed by atoms with van der Waals surface area (Å²) in [5.41, 5.74) is 0.233. The Morgan fingerprint density at radius 3 is 2.67 bits per heavy atom. The molecule has 1 aromatic carbocycles. The molecular formula is C12H15F2NO3. The molecule has 0 aliphatic heterocycles. The molecule has 0 aliphatic carbocycles. The number of carbonyl (C=O) groups is 1. The normalized spacial score (nSPS) is 10.4. The standard InChI is InChI=1S/C12H15F2NO3/c1-18-11-7-9(13)8(6-10(11)14)2-4-15-5-3-12(16)17/h6-7,15H,2-5H2,1H3,(H,16,17). The third-order valence-corrected chi connectivity index (χ3v) is 2.41. The van der Waals surface area contributed by atoms with Crippen LogP contribution in [0, 0.1) is 11.6 Å². The molecule has 100 valence electrons. The second-order valence-corrected chi connectivity index (χ2v) is 3.72. The van der Waals surface area contributed by atoms with Gasteiger partial charge in [0.1, 0.15) is 5.82 Å². The molecule has 0 radical (unpaired) electrons. The SMILES string of the molecule is COc1cc(F)c(CCNCCC(=O)O)cc1F. The van der Waals surface area contributed by atoms with Crippen LogP contribution in [0.3, 0.4) is 0 Å². The number of carboxylic acids is 1. The smallest absolute Gasteiger partial charge is 0.304 e. The van der Waals surface area contributed by atoms with Crippen molar-refractivity contribution in [2.75, 3.05) is 20.2 Å². The van der Waals surface area contributed by atoms with Gasteiger partial charge in [0, 0.05) is 12.6 Å². The van der Waals surface area contributed by atoms with Gasteiger partial charge in [-0.3, -0.25) is 4.79 Å². The van der Waals surface area contributed by atoms with Crippen molar-refractivity contribution in [2.24, 2.45) is 0 Å². The molecule has 0 atom stereocenters. The summed E-state index contributed by atoms with van der Waals surface area (Å²) in [6, 6.07) is 2.09. The summed E-state index contributed by atoms with van der Waals surface area (Å²) < 4.78 is 31.5. The van der Waals surface area contributed by atoms with Crippen LogP contribution in [0.2, 0.25) is 0 Å². The molecule has 0 aliphatic rings. The lowest BCUT2D eigenvalue weighted by atomic mass is 10.1. The Kier molecular flexibility index (Phi) is 5.51. The highest BCUT2D eigenvalue weighted by atomic mass is 19.1. The van der Waals surface area contributed by atoms with Gasteiger partial charge in [0.15, 0.2) is 11.6 Å². The fourth-order valence-corrected chi connectivity index (χ4v) is 1.46. The molecule has 0 heterocycles. The second-order valence-electron chi connectivity index (χ2n) is 3.72. The van der Waals surface area contributed by atoms with Crippen LogP contribution < -0.4 is 10.1 Å². The molecule has 0 spiro atoms. The van der Waals surface area contributed by atoms with Crippen LogP contribution in [0.1, 0.15) is 12.0 Å². The van der Waals surface area contributed by atoms with Crippen LogP contribution in [0.25, 0.3) is 0 Å². The van der Waals surface area contributed by atoms with Crippen LogP contribution in [0.4, 0.5) is 8.78 Å². The van der Waals surface area contributed by atoms with Crippen molar-refractivity contribution < 1.29 is 23.4 Å². The molecule has 0 bridgehead atoms. The predicted molar refractivity (Wildman–Crippen MR) is 61.7 cm³/mol.